The van der Waals surface area contributed by atoms with Gasteiger partial charge in [0.05, 0.1) is 13.7 Å². The van der Waals surface area contributed by atoms with Crippen molar-refractivity contribution >= 4 is 22.7 Å². The number of carbonyl (C=O) groups is 2. The highest BCUT2D eigenvalue weighted by Crippen LogP contribution is 2.27. The van der Waals surface area contributed by atoms with Crippen LogP contribution in [0, 0.1) is 11.3 Å². The van der Waals surface area contributed by atoms with Crippen molar-refractivity contribution in [3.05, 3.63) is 65.9 Å². The van der Waals surface area contributed by atoms with Gasteiger partial charge in [-0.25, -0.2) is 0 Å². The Hall–Kier alpha value is -3.28. The van der Waals surface area contributed by atoms with Gasteiger partial charge in [-0.15, -0.1) is 0 Å². The standard InChI is InChI=1S/C32H45N3O3/c1-7-17-34(30(36)19-24(2)20-32(3,4)5)23-31(37)35(22-26-12-8-11-15-29(26)38-6)18-16-25-21-33-28-14-10-9-13-27(25)28/h8-15,21,24,33H,7,16-20,22-23H2,1-6H3. The van der Waals surface area contributed by atoms with Crippen LogP contribution in [0.15, 0.2) is 54.7 Å². The number of nitrogens with zero attached hydrogens (tertiary/aromatic N) is 2. The molecule has 0 aliphatic rings. The smallest absolute Gasteiger partial charge is 0.242 e. The predicted molar refractivity (Wildman–Crippen MR) is 155 cm³/mol. The van der Waals surface area contributed by atoms with E-state index in [9.17, 15) is 9.59 Å². The summed E-state index contributed by atoms with van der Waals surface area (Å²) in [6, 6.07) is 16.0. The number of aromatic nitrogens is 1. The fraction of sp³-hybridized carbons (Fsp3) is 0.500. The molecule has 2 aromatic carbocycles. The first kappa shape index (κ1) is 29.3. The first-order valence-corrected chi connectivity index (χ1v) is 13.8. The average Bonchev–Trinajstić information content (AvgIpc) is 3.28. The van der Waals surface area contributed by atoms with Crippen LogP contribution in [0.1, 0.15) is 65.0 Å². The van der Waals surface area contributed by atoms with Crippen LogP contribution in [-0.4, -0.2) is 53.3 Å². The van der Waals surface area contributed by atoms with E-state index in [4.69, 9.17) is 4.74 Å². The SMILES string of the molecule is CCCN(CC(=O)N(CCc1c[nH]c2ccccc12)Cc1ccccc1OC)C(=O)CC(C)CC(C)(C)C. The van der Waals surface area contributed by atoms with Crippen LogP contribution in [0.2, 0.25) is 0 Å². The van der Waals surface area contributed by atoms with Crippen LogP contribution in [0.4, 0.5) is 0 Å². The number of H-pyrrole nitrogens is 1. The summed E-state index contributed by atoms with van der Waals surface area (Å²) in [6.07, 6.45) is 4.99. The maximum Gasteiger partial charge on any atom is 0.242 e. The molecule has 1 N–H and O–H groups in total. The van der Waals surface area contributed by atoms with Crippen molar-refractivity contribution in [1.82, 2.24) is 14.8 Å². The maximum absolute atomic E-state index is 13.8. The topological polar surface area (TPSA) is 65.6 Å². The van der Waals surface area contributed by atoms with E-state index in [1.165, 1.54) is 10.9 Å². The van der Waals surface area contributed by atoms with Crippen LogP contribution >= 0.6 is 0 Å². The molecular weight excluding hydrogens is 474 g/mol. The second-order valence-corrected chi connectivity index (χ2v) is 11.6. The number of methoxy groups -OCH3 is 1. The van der Waals surface area contributed by atoms with Crippen LogP contribution < -0.4 is 4.74 Å². The van der Waals surface area contributed by atoms with Crippen LogP contribution in [0.25, 0.3) is 10.9 Å². The van der Waals surface area contributed by atoms with Crippen molar-refractivity contribution in [3.8, 4) is 5.75 Å². The van der Waals surface area contributed by atoms with Crippen molar-refractivity contribution < 1.29 is 14.3 Å². The Labute approximate surface area is 228 Å². The first-order chi connectivity index (χ1) is 18.1. The summed E-state index contributed by atoms with van der Waals surface area (Å²) in [5, 5.41) is 1.17. The van der Waals surface area contributed by atoms with Crippen LogP contribution in [-0.2, 0) is 22.6 Å². The summed E-state index contributed by atoms with van der Waals surface area (Å²) in [5.74, 6) is 1.05. The number of para-hydroxylation sites is 2. The van der Waals surface area contributed by atoms with Gasteiger partial charge < -0.3 is 19.5 Å². The van der Waals surface area contributed by atoms with Crippen molar-refractivity contribution in [2.24, 2.45) is 11.3 Å². The molecule has 3 aromatic rings. The molecule has 6 nitrogen and oxygen atoms in total. The Morgan fingerprint density at radius 3 is 2.37 bits per heavy atom. The molecule has 1 atom stereocenters. The van der Waals surface area contributed by atoms with Gasteiger partial charge in [0.15, 0.2) is 0 Å². The molecule has 0 bridgehead atoms. The third-order valence-electron chi connectivity index (χ3n) is 6.89. The Morgan fingerprint density at radius 1 is 0.947 bits per heavy atom. The van der Waals surface area contributed by atoms with E-state index >= 15 is 0 Å². The summed E-state index contributed by atoms with van der Waals surface area (Å²) in [7, 11) is 1.65. The molecule has 6 heteroatoms. The molecule has 206 valence electrons. The minimum Gasteiger partial charge on any atom is -0.496 e. The molecule has 0 spiro atoms. The maximum atomic E-state index is 13.8. The van der Waals surface area contributed by atoms with E-state index in [0.29, 0.717) is 26.1 Å². The number of hydrogen-bond acceptors (Lipinski definition) is 3. The summed E-state index contributed by atoms with van der Waals surface area (Å²) in [4.78, 5) is 34.0. The highest BCUT2D eigenvalue weighted by molar-refractivity contribution is 5.85. The molecule has 1 heterocycles. The lowest BCUT2D eigenvalue weighted by molar-refractivity contribution is -0.141. The normalized spacial score (nSPS) is 12.4. The number of aromatic amines is 1. The van der Waals surface area contributed by atoms with Crippen molar-refractivity contribution in [3.63, 3.8) is 0 Å². The largest absolute Gasteiger partial charge is 0.496 e. The van der Waals surface area contributed by atoms with E-state index in [2.05, 4.69) is 44.8 Å². The Morgan fingerprint density at radius 2 is 1.66 bits per heavy atom. The zero-order valence-electron chi connectivity index (χ0n) is 24.0. The van der Waals surface area contributed by atoms with Gasteiger partial charge in [0.2, 0.25) is 11.8 Å². The number of hydrogen-bond donors (Lipinski definition) is 1. The molecule has 0 saturated heterocycles. The fourth-order valence-corrected chi connectivity index (χ4v) is 5.29. The Balaban J connectivity index is 1.77. The number of amides is 2. The number of nitrogens with one attached hydrogen (secondary N) is 1. The lowest BCUT2D eigenvalue weighted by atomic mass is 9.84. The second-order valence-electron chi connectivity index (χ2n) is 11.6. The lowest BCUT2D eigenvalue weighted by Gasteiger charge is -2.29. The summed E-state index contributed by atoms with van der Waals surface area (Å²) < 4.78 is 5.57. The number of benzene rings is 2. The van der Waals surface area contributed by atoms with Gasteiger partial charge in [-0.1, -0.05) is 71.0 Å². The zero-order chi connectivity index (χ0) is 27.7. The van der Waals surface area contributed by atoms with Crippen LogP contribution in [0.3, 0.4) is 0 Å². The molecule has 0 aliphatic heterocycles. The molecule has 0 aliphatic carbocycles. The first-order valence-electron chi connectivity index (χ1n) is 13.8. The van der Waals surface area contributed by atoms with E-state index in [-0.39, 0.29) is 29.7 Å². The van der Waals surface area contributed by atoms with Gasteiger partial charge in [0.1, 0.15) is 5.75 Å². The average molecular weight is 520 g/mol. The molecule has 1 unspecified atom stereocenters. The summed E-state index contributed by atoms with van der Waals surface area (Å²) in [5.41, 5.74) is 3.39. The third kappa shape index (κ3) is 8.37. The van der Waals surface area contributed by atoms with E-state index in [0.717, 1.165) is 36.1 Å². The van der Waals surface area contributed by atoms with Gasteiger partial charge in [-0.2, -0.15) is 0 Å². The molecular formula is C32H45N3O3. The Bertz CT molecular complexity index is 1190. The monoisotopic (exact) mass is 519 g/mol. The quantitative estimate of drug-likeness (QED) is 0.282. The van der Waals surface area contributed by atoms with Gasteiger partial charge >= 0.3 is 0 Å². The number of carbonyl (C=O) groups excluding carboxylic acids is 2. The number of ether oxygens (including phenoxy) is 1. The molecule has 2 amide bonds. The highest BCUT2D eigenvalue weighted by atomic mass is 16.5. The van der Waals surface area contributed by atoms with Gasteiger partial charge in [0.25, 0.3) is 0 Å². The minimum absolute atomic E-state index is 0.0407. The molecule has 1 aromatic heterocycles. The third-order valence-corrected chi connectivity index (χ3v) is 6.89. The lowest BCUT2D eigenvalue weighted by Crippen LogP contribution is -2.44. The Kier molecular flexibility index (Phi) is 10.4. The van der Waals surface area contributed by atoms with Crippen molar-refractivity contribution in [2.75, 3.05) is 26.7 Å². The van der Waals surface area contributed by atoms with E-state index in [1.807, 2.05) is 54.4 Å². The predicted octanol–water partition coefficient (Wildman–Crippen LogP) is 6.45. The van der Waals surface area contributed by atoms with Gasteiger partial charge in [-0.3, -0.25) is 9.59 Å². The van der Waals surface area contributed by atoms with Gasteiger partial charge in [-0.05, 0) is 48.3 Å². The van der Waals surface area contributed by atoms with Gasteiger partial charge in [0, 0.05) is 48.7 Å². The van der Waals surface area contributed by atoms with Crippen molar-refractivity contribution in [2.45, 2.75) is 66.8 Å². The summed E-state index contributed by atoms with van der Waals surface area (Å²) >= 11 is 0. The van der Waals surface area contributed by atoms with E-state index < -0.39 is 0 Å². The zero-order valence-corrected chi connectivity index (χ0v) is 24.0. The highest BCUT2D eigenvalue weighted by Gasteiger charge is 2.25. The van der Waals surface area contributed by atoms with Crippen molar-refractivity contribution in [1.29, 1.82) is 0 Å². The minimum atomic E-state index is -0.0407. The molecule has 0 saturated carbocycles. The van der Waals surface area contributed by atoms with Crippen LogP contribution in [0.5, 0.6) is 5.75 Å². The second kappa shape index (κ2) is 13.5. The summed E-state index contributed by atoms with van der Waals surface area (Å²) in [6.45, 7) is 12.4. The van der Waals surface area contributed by atoms with E-state index in [1.54, 1.807) is 12.0 Å². The fourth-order valence-electron chi connectivity index (χ4n) is 5.29. The molecule has 3 rings (SSSR count). The molecule has 0 fully saturated rings. The number of rotatable bonds is 13. The molecule has 0 radical (unpaired) electrons. The molecule has 38 heavy (non-hydrogen) atoms. The number of fused-ring (bicyclic) bond motifs is 1.